The monoisotopic (exact) mass is 295 g/mol. The molecule has 2 aromatic carbocycles. The second-order valence-electron chi connectivity index (χ2n) is 4.72. The summed E-state index contributed by atoms with van der Waals surface area (Å²) in [6.45, 7) is 2.50. The van der Waals surface area contributed by atoms with Crippen molar-refractivity contribution in [2.75, 3.05) is 6.54 Å². The predicted octanol–water partition coefficient (Wildman–Crippen LogP) is 4.51. The fraction of sp³-hybridized carbons (Fsp3) is 0.250. The lowest BCUT2D eigenvalue weighted by Crippen LogP contribution is -2.22. The maximum Gasteiger partial charge on any atom is 0.128 e. The average Bonchev–Trinajstić information content (AvgIpc) is 2.43. The molecule has 0 heterocycles. The molecule has 0 aromatic heterocycles. The molecule has 1 unspecified atom stereocenters. The van der Waals surface area contributed by atoms with E-state index in [1.165, 1.54) is 6.07 Å². The Kier molecular flexibility index (Phi) is 5.10. The summed E-state index contributed by atoms with van der Waals surface area (Å²) in [7, 11) is 0. The van der Waals surface area contributed by atoms with Gasteiger partial charge in [-0.3, -0.25) is 0 Å². The van der Waals surface area contributed by atoms with E-state index < -0.39 is 11.6 Å². The third-order valence-electron chi connectivity index (χ3n) is 3.20. The lowest BCUT2D eigenvalue weighted by atomic mass is 10.1. The van der Waals surface area contributed by atoms with Crippen LogP contribution in [0.5, 0.6) is 0 Å². The summed E-state index contributed by atoms with van der Waals surface area (Å²) in [5, 5.41) is 3.90. The molecule has 0 spiro atoms. The van der Waals surface area contributed by atoms with E-state index >= 15 is 0 Å². The van der Waals surface area contributed by atoms with E-state index in [0.29, 0.717) is 17.1 Å². The Hall–Kier alpha value is -1.45. The summed E-state index contributed by atoms with van der Waals surface area (Å²) in [5.41, 5.74) is 1.50. The van der Waals surface area contributed by atoms with Gasteiger partial charge in [-0.25, -0.2) is 8.78 Å². The number of nitrogens with one attached hydrogen (secondary N) is 1. The summed E-state index contributed by atoms with van der Waals surface area (Å²) in [5.74, 6) is -0.814. The van der Waals surface area contributed by atoms with E-state index in [4.69, 9.17) is 11.6 Å². The van der Waals surface area contributed by atoms with Gasteiger partial charge in [0.15, 0.2) is 0 Å². The Morgan fingerprint density at radius 1 is 1.10 bits per heavy atom. The molecular weight excluding hydrogens is 280 g/mol. The first-order valence-electron chi connectivity index (χ1n) is 6.49. The normalized spacial score (nSPS) is 12.4. The van der Waals surface area contributed by atoms with Gasteiger partial charge >= 0.3 is 0 Å². The van der Waals surface area contributed by atoms with Crippen LogP contribution in [0.25, 0.3) is 0 Å². The molecule has 0 saturated carbocycles. The van der Waals surface area contributed by atoms with Crippen LogP contribution >= 0.6 is 11.6 Å². The van der Waals surface area contributed by atoms with Gasteiger partial charge in [-0.2, -0.15) is 0 Å². The number of hydrogen-bond donors (Lipinski definition) is 1. The molecule has 1 atom stereocenters. The van der Waals surface area contributed by atoms with Crippen LogP contribution in [0.2, 0.25) is 5.02 Å². The highest BCUT2D eigenvalue weighted by Gasteiger charge is 2.11. The van der Waals surface area contributed by atoms with E-state index in [0.717, 1.165) is 24.1 Å². The second-order valence-corrected chi connectivity index (χ2v) is 5.15. The van der Waals surface area contributed by atoms with Gasteiger partial charge in [0.05, 0.1) is 0 Å². The highest BCUT2D eigenvalue weighted by atomic mass is 35.5. The van der Waals surface area contributed by atoms with E-state index in [9.17, 15) is 8.78 Å². The van der Waals surface area contributed by atoms with Crippen LogP contribution in [-0.2, 0) is 6.42 Å². The fourth-order valence-corrected chi connectivity index (χ4v) is 2.17. The summed E-state index contributed by atoms with van der Waals surface area (Å²) >= 11 is 5.82. The van der Waals surface area contributed by atoms with Crippen LogP contribution in [0.15, 0.2) is 42.5 Å². The van der Waals surface area contributed by atoms with E-state index in [1.54, 1.807) is 0 Å². The molecule has 106 valence electrons. The Balaban J connectivity index is 1.90. The first-order valence-corrected chi connectivity index (χ1v) is 6.87. The van der Waals surface area contributed by atoms with Crippen molar-refractivity contribution in [3.63, 3.8) is 0 Å². The largest absolute Gasteiger partial charge is 0.310 e. The molecule has 2 aromatic rings. The Morgan fingerprint density at radius 2 is 1.80 bits per heavy atom. The highest BCUT2D eigenvalue weighted by Crippen LogP contribution is 2.18. The van der Waals surface area contributed by atoms with E-state index in [2.05, 4.69) is 5.32 Å². The van der Waals surface area contributed by atoms with Crippen molar-refractivity contribution in [3.8, 4) is 0 Å². The Labute approximate surface area is 122 Å². The summed E-state index contributed by atoms with van der Waals surface area (Å²) in [6, 6.07) is 10.9. The molecule has 1 N–H and O–H groups in total. The van der Waals surface area contributed by atoms with Crippen molar-refractivity contribution < 1.29 is 8.78 Å². The van der Waals surface area contributed by atoms with E-state index in [-0.39, 0.29) is 6.04 Å². The topological polar surface area (TPSA) is 12.0 Å². The molecule has 0 bridgehead atoms. The summed E-state index contributed by atoms with van der Waals surface area (Å²) in [4.78, 5) is 0. The van der Waals surface area contributed by atoms with Crippen molar-refractivity contribution in [1.82, 2.24) is 5.32 Å². The third kappa shape index (κ3) is 4.02. The van der Waals surface area contributed by atoms with Gasteiger partial charge in [0.2, 0.25) is 0 Å². The van der Waals surface area contributed by atoms with Gasteiger partial charge in [0.1, 0.15) is 11.6 Å². The van der Waals surface area contributed by atoms with Gasteiger partial charge in [-0.1, -0.05) is 23.7 Å². The van der Waals surface area contributed by atoms with Crippen LogP contribution in [0, 0.1) is 11.6 Å². The van der Waals surface area contributed by atoms with E-state index in [1.807, 2.05) is 31.2 Å². The summed E-state index contributed by atoms with van der Waals surface area (Å²) < 4.78 is 26.7. The van der Waals surface area contributed by atoms with Crippen LogP contribution in [0.1, 0.15) is 24.1 Å². The fourth-order valence-electron chi connectivity index (χ4n) is 2.04. The van der Waals surface area contributed by atoms with Crippen LogP contribution in [-0.4, -0.2) is 6.54 Å². The van der Waals surface area contributed by atoms with Crippen molar-refractivity contribution >= 4 is 11.6 Å². The molecule has 0 aliphatic rings. The summed E-state index contributed by atoms with van der Waals surface area (Å²) in [6.07, 6.45) is 0.804. The molecule has 20 heavy (non-hydrogen) atoms. The Bertz CT molecular complexity index is 569. The quantitative estimate of drug-likeness (QED) is 0.855. The standard InChI is InChI=1S/C16H16ClF2N/c1-11(15-10-14(18)6-7-16(15)19)20-9-8-12-2-4-13(17)5-3-12/h2-7,10-11,20H,8-9H2,1H3. The van der Waals surface area contributed by atoms with Gasteiger partial charge in [-0.15, -0.1) is 0 Å². The molecule has 0 saturated heterocycles. The number of rotatable bonds is 5. The number of hydrogen-bond acceptors (Lipinski definition) is 1. The minimum atomic E-state index is -0.423. The molecule has 1 nitrogen and oxygen atoms in total. The number of halogens is 3. The van der Waals surface area contributed by atoms with Crippen molar-refractivity contribution in [1.29, 1.82) is 0 Å². The molecule has 0 radical (unpaired) electrons. The second kappa shape index (κ2) is 6.82. The maximum atomic E-state index is 13.6. The maximum absolute atomic E-state index is 13.6. The lowest BCUT2D eigenvalue weighted by molar-refractivity contribution is 0.521. The average molecular weight is 296 g/mol. The van der Waals surface area contributed by atoms with Crippen LogP contribution < -0.4 is 5.32 Å². The molecule has 0 aliphatic heterocycles. The number of benzene rings is 2. The third-order valence-corrected chi connectivity index (χ3v) is 3.45. The minimum absolute atomic E-state index is 0.238. The zero-order valence-electron chi connectivity index (χ0n) is 11.2. The van der Waals surface area contributed by atoms with Crippen LogP contribution in [0.3, 0.4) is 0 Å². The van der Waals surface area contributed by atoms with Crippen molar-refractivity contribution in [3.05, 3.63) is 70.2 Å². The SMILES string of the molecule is CC(NCCc1ccc(Cl)cc1)c1cc(F)ccc1F. The molecular formula is C16H16ClF2N. The van der Waals surface area contributed by atoms with Gasteiger partial charge < -0.3 is 5.32 Å². The molecule has 0 fully saturated rings. The zero-order valence-corrected chi connectivity index (χ0v) is 11.9. The minimum Gasteiger partial charge on any atom is -0.310 e. The molecule has 2 rings (SSSR count). The predicted molar refractivity (Wildman–Crippen MR) is 77.9 cm³/mol. The first kappa shape index (κ1) is 14.9. The van der Waals surface area contributed by atoms with Gasteiger partial charge in [0.25, 0.3) is 0 Å². The van der Waals surface area contributed by atoms with Crippen molar-refractivity contribution in [2.45, 2.75) is 19.4 Å². The van der Waals surface area contributed by atoms with Gasteiger partial charge in [-0.05, 0) is 55.8 Å². The van der Waals surface area contributed by atoms with Gasteiger partial charge in [0, 0.05) is 16.6 Å². The molecule has 0 aliphatic carbocycles. The molecule has 0 amide bonds. The lowest BCUT2D eigenvalue weighted by Gasteiger charge is -2.15. The van der Waals surface area contributed by atoms with Crippen LogP contribution in [0.4, 0.5) is 8.78 Å². The Morgan fingerprint density at radius 3 is 2.50 bits per heavy atom. The smallest absolute Gasteiger partial charge is 0.128 e. The zero-order chi connectivity index (χ0) is 14.5. The highest BCUT2D eigenvalue weighted by molar-refractivity contribution is 6.30. The van der Waals surface area contributed by atoms with Crippen molar-refractivity contribution in [2.24, 2.45) is 0 Å². The molecule has 4 heteroatoms. The first-order chi connectivity index (χ1) is 9.56.